The molecule has 29 heavy (non-hydrogen) atoms. The highest BCUT2D eigenvalue weighted by Crippen LogP contribution is 2.46. The molecular weight excluding hydrogens is 405 g/mol. The molecule has 0 radical (unpaired) electrons. The fourth-order valence-corrected chi connectivity index (χ4v) is 4.65. The Morgan fingerprint density at radius 1 is 1.07 bits per heavy atom. The summed E-state index contributed by atoms with van der Waals surface area (Å²) in [6.07, 6.45) is -5.11. The first kappa shape index (κ1) is 19.8. The van der Waals surface area contributed by atoms with Crippen LogP contribution >= 0.6 is 11.8 Å². The van der Waals surface area contributed by atoms with Gasteiger partial charge in [0.15, 0.2) is 5.76 Å². The van der Waals surface area contributed by atoms with Gasteiger partial charge < -0.3 is 25.8 Å². The molecule has 2 aromatic rings. The van der Waals surface area contributed by atoms with E-state index in [0.717, 1.165) is 12.1 Å². The second kappa shape index (κ2) is 6.78. The van der Waals surface area contributed by atoms with E-state index in [1.807, 2.05) is 4.90 Å². The fourth-order valence-electron chi connectivity index (χ4n) is 3.57. The SMILES string of the molecule is CC1=NC2=C(C(N)N1c1ccc(C(F)(F)F)cc1)N(c1c(C)noc1C)C(N)S2. The van der Waals surface area contributed by atoms with Crippen LogP contribution in [-0.2, 0) is 6.18 Å². The first-order chi connectivity index (χ1) is 13.6. The van der Waals surface area contributed by atoms with Crippen LogP contribution in [0, 0.1) is 13.8 Å². The number of aliphatic imine (C=N–C) groups is 1. The monoisotopic (exact) mass is 424 g/mol. The van der Waals surface area contributed by atoms with E-state index in [1.165, 1.54) is 23.9 Å². The van der Waals surface area contributed by atoms with Crippen LogP contribution in [0.25, 0.3) is 0 Å². The lowest BCUT2D eigenvalue weighted by Crippen LogP contribution is -2.53. The number of anilines is 2. The van der Waals surface area contributed by atoms with Gasteiger partial charge in [0.05, 0.1) is 11.3 Å². The smallest absolute Gasteiger partial charge is 0.359 e. The van der Waals surface area contributed by atoms with E-state index < -0.39 is 23.4 Å². The second-order valence-electron chi connectivity index (χ2n) is 6.76. The maximum absolute atomic E-state index is 12.9. The summed E-state index contributed by atoms with van der Waals surface area (Å²) in [5.41, 5.74) is 14.2. The fraction of sp³-hybridized carbons (Fsp3) is 0.333. The van der Waals surface area contributed by atoms with Gasteiger partial charge in [-0.3, -0.25) is 0 Å². The van der Waals surface area contributed by atoms with E-state index in [4.69, 9.17) is 16.0 Å². The molecule has 2 aliphatic heterocycles. The molecule has 3 heterocycles. The molecule has 0 spiro atoms. The molecule has 0 saturated heterocycles. The molecule has 1 aromatic heterocycles. The Labute approximate surface area is 169 Å². The zero-order chi connectivity index (χ0) is 21.1. The highest BCUT2D eigenvalue weighted by Gasteiger charge is 2.42. The third-order valence-electron chi connectivity index (χ3n) is 4.85. The summed E-state index contributed by atoms with van der Waals surface area (Å²) < 4.78 is 44.0. The Balaban J connectivity index is 1.74. The van der Waals surface area contributed by atoms with Gasteiger partial charge in [0.25, 0.3) is 0 Å². The number of nitrogens with two attached hydrogens (primary N) is 2. The van der Waals surface area contributed by atoms with Crippen molar-refractivity contribution in [1.82, 2.24) is 5.16 Å². The summed E-state index contributed by atoms with van der Waals surface area (Å²) in [5.74, 6) is 1.16. The van der Waals surface area contributed by atoms with Crippen molar-refractivity contribution in [2.75, 3.05) is 9.80 Å². The number of alkyl halides is 3. The molecule has 4 N–H and O–H groups in total. The van der Waals surface area contributed by atoms with Crippen molar-refractivity contribution >= 4 is 29.0 Å². The van der Waals surface area contributed by atoms with Crippen molar-refractivity contribution in [3.8, 4) is 0 Å². The maximum atomic E-state index is 12.9. The minimum Gasteiger partial charge on any atom is -0.359 e. The Morgan fingerprint density at radius 3 is 2.28 bits per heavy atom. The molecule has 0 fully saturated rings. The Hall–Kier alpha value is -2.50. The van der Waals surface area contributed by atoms with Gasteiger partial charge in [0, 0.05) is 5.69 Å². The first-order valence-corrected chi connectivity index (χ1v) is 9.63. The Kier molecular flexibility index (Phi) is 4.63. The largest absolute Gasteiger partial charge is 0.416 e. The molecule has 4 rings (SSSR count). The molecule has 2 unspecified atom stereocenters. The van der Waals surface area contributed by atoms with Crippen LogP contribution in [0.3, 0.4) is 0 Å². The van der Waals surface area contributed by atoms with Crippen molar-refractivity contribution < 1.29 is 17.7 Å². The van der Waals surface area contributed by atoms with Crippen molar-refractivity contribution in [1.29, 1.82) is 0 Å². The molecule has 7 nitrogen and oxygen atoms in total. The molecule has 2 atom stereocenters. The highest BCUT2D eigenvalue weighted by molar-refractivity contribution is 8.04. The molecule has 0 amide bonds. The van der Waals surface area contributed by atoms with E-state index >= 15 is 0 Å². The lowest BCUT2D eigenvalue weighted by atomic mass is 10.1. The van der Waals surface area contributed by atoms with Gasteiger partial charge in [-0.15, -0.1) is 0 Å². The molecule has 1 aromatic carbocycles. The minimum atomic E-state index is -4.41. The summed E-state index contributed by atoms with van der Waals surface area (Å²) in [5, 5.41) is 4.65. The van der Waals surface area contributed by atoms with Crippen molar-refractivity contribution in [2.45, 2.75) is 38.6 Å². The minimum absolute atomic E-state index is 0.480. The zero-order valence-corrected chi connectivity index (χ0v) is 16.7. The molecular formula is C18H19F3N6OS. The van der Waals surface area contributed by atoms with Gasteiger partial charge in [0.2, 0.25) is 0 Å². The van der Waals surface area contributed by atoms with Crippen LogP contribution in [0.5, 0.6) is 0 Å². The number of aromatic nitrogens is 1. The van der Waals surface area contributed by atoms with Crippen LogP contribution in [0.2, 0.25) is 0 Å². The van der Waals surface area contributed by atoms with Crippen LogP contribution in [0.1, 0.15) is 23.9 Å². The van der Waals surface area contributed by atoms with Gasteiger partial charge in [-0.05, 0) is 45.0 Å². The highest BCUT2D eigenvalue weighted by atomic mass is 32.2. The van der Waals surface area contributed by atoms with E-state index in [2.05, 4.69) is 10.1 Å². The average molecular weight is 424 g/mol. The predicted octanol–water partition coefficient (Wildman–Crippen LogP) is 3.50. The summed E-state index contributed by atoms with van der Waals surface area (Å²) >= 11 is 1.35. The van der Waals surface area contributed by atoms with E-state index in [1.54, 1.807) is 25.7 Å². The molecule has 0 saturated carbocycles. The van der Waals surface area contributed by atoms with Crippen molar-refractivity contribution in [3.05, 3.63) is 52.0 Å². The summed E-state index contributed by atoms with van der Waals surface area (Å²) in [6, 6.07) is 4.83. The predicted molar refractivity (Wildman–Crippen MR) is 106 cm³/mol. The quantitative estimate of drug-likeness (QED) is 0.762. The number of thioether (sulfide) groups is 1. The van der Waals surface area contributed by atoms with Crippen LogP contribution in [-0.4, -0.2) is 22.7 Å². The number of hydrogen-bond donors (Lipinski definition) is 2. The lowest BCUT2D eigenvalue weighted by Gasteiger charge is -2.37. The third kappa shape index (κ3) is 3.18. The summed E-state index contributed by atoms with van der Waals surface area (Å²) in [7, 11) is 0. The molecule has 11 heteroatoms. The molecule has 154 valence electrons. The molecule has 2 aliphatic rings. The Morgan fingerprint density at radius 2 is 1.72 bits per heavy atom. The van der Waals surface area contributed by atoms with Gasteiger partial charge in [-0.25, -0.2) is 4.99 Å². The zero-order valence-electron chi connectivity index (χ0n) is 15.9. The molecule has 0 aliphatic carbocycles. The number of amidine groups is 1. The number of benzene rings is 1. The normalized spacial score (nSPS) is 22.3. The lowest BCUT2D eigenvalue weighted by molar-refractivity contribution is -0.137. The maximum Gasteiger partial charge on any atom is 0.416 e. The number of hydrogen-bond acceptors (Lipinski definition) is 8. The number of nitrogens with zero attached hydrogens (tertiary/aromatic N) is 4. The van der Waals surface area contributed by atoms with Gasteiger partial charge >= 0.3 is 6.18 Å². The van der Waals surface area contributed by atoms with E-state index in [9.17, 15) is 13.2 Å². The van der Waals surface area contributed by atoms with Crippen molar-refractivity contribution in [3.63, 3.8) is 0 Å². The van der Waals surface area contributed by atoms with Gasteiger partial charge in [-0.1, -0.05) is 16.9 Å². The Bertz CT molecular complexity index is 994. The number of rotatable bonds is 2. The first-order valence-electron chi connectivity index (χ1n) is 8.75. The van der Waals surface area contributed by atoms with Crippen LogP contribution < -0.4 is 21.3 Å². The standard InChI is InChI=1S/C18H19F3N6OS/c1-8-13(9(2)28-25-8)27-14-15(22)26(10(3)24-16(14)29-17(27)23)12-6-4-11(5-7-12)18(19,20)21/h4-7,15,17H,22-23H2,1-3H3. The van der Waals surface area contributed by atoms with Gasteiger partial charge in [0.1, 0.15) is 33.9 Å². The second-order valence-corrected chi connectivity index (χ2v) is 7.87. The number of halogens is 3. The van der Waals surface area contributed by atoms with Crippen LogP contribution in [0.15, 0.2) is 44.5 Å². The third-order valence-corrected chi connectivity index (χ3v) is 5.82. The van der Waals surface area contributed by atoms with Crippen LogP contribution in [0.4, 0.5) is 24.5 Å². The molecule has 0 bridgehead atoms. The topological polar surface area (TPSA) is 96.9 Å². The summed E-state index contributed by atoms with van der Waals surface area (Å²) in [4.78, 5) is 8.12. The summed E-state index contributed by atoms with van der Waals surface area (Å²) in [6.45, 7) is 5.34. The average Bonchev–Trinajstić information content (AvgIpc) is 3.12. The van der Waals surface area contributed by atoms with E-state index in [0.29, 0.717) is 39.4 Å². The number of aryl methyl sites for hydroxylation is 2. The van der Waals surface area contributed by atoms with Gasteiger partial charge in [-0.2, -0.15) is 13.2 Å². The van der Waals surface area contributed by atoms with Crippen molar-refractivity contribution in [2.24, 2.45) is 16.5 Å². The van der Waals surface area contributed by atoms with E-state index in [-0.39, 0.29) is 0 Å².